The minimum atomic E-state index is -4.73. The van der Waals surface area contributed by atoms with E-state index in [1.807, 2.05) is 5.32 Å². The van der Waals surface area contributed by atoms with Crippen molar-refractivity contribution in [1.29, 1.82) is 0 Å². The molecule has 0 bridgehead atoms. The molecule has 0 spiro atoms. The first-order valence-electron chi connectivity index (χ1n) is 12.7. The molecular formula is C24H28F6N8O5. The van der Waals surface area contributed by atoms with Crippen molar-refractivity contribution in [2.45, 2.75) is 63.3 Å². The molecule has 3 atom stereocenters. The summed E-state index contributed by atoms with van der Waals surface area (Å²) in [6.07, 6.45) is -6.83. The summed E-state index contributed by atoms with van der Waals surface area (Å²) >= 11 is 0. The molecule has 2 N–H and O–H groups in total. The van der Waals surface area contributed by atoms with Crippen LogP contribution in [0.2, 0.25) is 0 Å². The van der Waals surface area contributed by atoms with E-state index >= 15 is 0 Å². The summed E-state index contributed by atoms with van der Waals surface area (Å²) in [5.74, 6) is -0.823. The molecule has 43 heavy (non-hydrogen) atoms. The third kappa shape index (κ3) is 6.36. The number of imidazole rings is 1. The van der Waals surface area contributed by atoms with Gasteiger partial charge in [-0.25, -0.2) is 18.9 Å². The van der Waals surface area contributed by atoms with Crippen LogP contribution in [0.25, 0.3) is 5.65 Å². The van der Waals surface area contributed by atoms with Gasteiger partial charge in [0.05, 0.1) is 49.9 Å². The number of alkyl halides is 6. The quantitative estimate of drug-likeness (QED) is 0.325. The number of amides is 3. The van der Waals surface area contributed by atoms with E-state index < -0.39 is 60.7 Å². The standard InChI is InChI=1S/C24H28F6N8O5/c1-12-18(36-43-35-12)19(39)33-15(9-42-21(2,3)23(25,26)27)14-8-38-17(32-14)6-13(7-31-38)16(10-41-5)37-11-22(4,24(28,29)30)34-20(37)40/h6-8,15-16H,9-11H2,1-5H3,(H,33,39)(H,34,40)/t15-,16+,22-/m0/s1. The second-order valence-electron chi connectivity index (χ2n) is 10.7. The number of hydrogen-bond acceptors (Lipinski definition) is 9. The third-order valence-corrected chi connectivity index (χ3v) is 7.02. The van der Waals surface area contributed by atoms with Crippen molar-refractivity contribution in [3.63, 3.8) is 0 Å². The van der Waals surface area contributed by atoms with E-state index in [0.29, 0.717) is 0 Å². The Bertz CT molecular complexity index is 1490. The predicted molar refractivity (Wildman–Crippen MR) is 133 cm³/mol. The van der Waals surface area contributed by atoms with Crippen LogP contribution in [-0.4, -0.2) is 92.1 Å². The molecule has 1 fully saturated rings. The minimum absolute atomic E-state index is 0.0388. The van der Waals surface area contributed by atoms with Gasteiger partial charge >= 0.3 is 18.4 Å². The van der Waals surface area contributed by atoms with Gasteiger partial charge in [-0.2, -0.15) is 31.4 Å². The van der Waals surface area contributed by atoms with Crippen molar-refractivity contribution in [3.05, 3.63) is 41.1 Å². The molecule has 1 aliphatic heterocycles. The highest BCUT2D eigenvalue weighted by atomic mass is 19.4. The van der Waals surface area contributed by atoms with E-state index in [0.717, 1.165) is 25.7 Å². The molecule has 4 rings (SSSR count). The number of methoxy groups -OCH3 is 1. The number of halogens is 6. The molecule has 0 radical (unpaired) electrons. The van der Waals surface area contributed by atoms with Crippen LogP contribution in [0.1, 0.15) is 60.3 Å². The Labute approximate surface area is 239 Å². The number of carbonyl (C=O) groups is 2. The van der Waals surface area contributed by atoms with Crippen molar-refractivity contribution in [3.8, 4) is 0 Å². The van der Waals surface area contributed by atoms with Gasteiger partial charge in [0.15, 0.2) is 22.5 Å². The smallest absolute Gasteiger partial charge is 0.382 e. The van der Waals surface area contributed by atoms with Crippen LogP contribution in [-0.2, 0) is 9.47 Å². The number of aryl methyl sites for hydroxylation is 1. The number of ether oxygens (including phenoxy) is 2. The summed E-state index contributed by atoms with van der Waals surface area (Å²) in [7, 11) is 1.31. The summed E-state index contributed by atoms with van der Waals surface area (Å²) in [5.41, 5.74) is -4.74. The molecule has 0 aromatic carbocycles. The SMILES string of the molecule is COC[C@H](c1cnn2cc([C@H](COC(C)(C)C(F)(F)F)NC(=O)c3nonc3C)nc2c1)N1C[C@@](C)(C(F)(F)F)NC1=O. The van der Waals surface area contributed by atoms with Gasteiger partial charge < -0.3 is 25.0 Å². The van der Waals surface area contributed by atoms with Crippen LogP contribution in [0.4, 0.5) is 31.1 Å². The van der Waals surface area contributed by atoms with Gasteiger partial charge in [-0.15, -0.1) is 0 Å². The largest absolute Gasteiger partial charge is 0.416 e. The average molecular weight is 623 g/mol. The lowest BCUT2D eigenvalue weighted by atomic mass is 10.0. The molecule has 0 saturated carbocycles. The summed E-state index contributed by atoms with van der Waals surface area (Å²) in [5, 5.41) is 15.7. The molecule has 19 heteroatoms. The molecule has 3 aromatic heterocycles. The Morgan fingerprint density at radius 1 is 1.21 bits per heavy atom. The van der Waals surface area contributed by atoms with Crippen LogP contribution in [0.5, 0.6) is 0 Å². The first-order chi connectivity index (χ1) is 19.9. The Kier molecular flexibility index (Phi) is 8.35. The van der Waals surface area contributed by atoms with Gasteiger partial charge in [-0.05, 0) is 38.9 Å². The van der Waals surface area contributed by atoms with Crippen molar-refractivity contribution >= 4 is 17.6 Å². The van der Waals surface area contributed by atoms with Gasteiger partial charge in [-0.1, -0.05) is 5.16 Å². The number of urea groups is 1. The van der Waals surface area contributed by atoms with Gasteiger partial charge in [0.1, 0.15) is 5.69 Å². The van der Waals surface area contributed by atoms with Crippen LogP contribution in [0.15, 0.2) is 23.1 Å². The fraction of sp³-hybridized carbons (Fsp3) is 0.583. The molecule has 3 amide bonds. The lowest BCUT2D eigenvalue weighted by Gasteiger charge is -2.30. The van der Waals surface area contributed by atoms with E-state index in [4.69, 9.17) is 9.47 Å². The molecule has 13 nitrogen and oxygen atoms in total. The topological polar surface area (TPSA) is 149 Å². The van der Waals surface area contributed by atoms with Gasteiger partial charge in [0, 0.05) is 12.7 Å². The number of fused-ring (bicyclic) bond motifs is 1. The Balaban J connectivity index is 1.66. The summed E-state index contributed by atoms with van der Waals surface area (Å²) < 4.78 is 97.3. The number of rotatable bonds is 10. The van der Waals surface area contributed by atoms with Gasteiger partial charge in [0.2, 0.25) is 0 Å². The molecule has 236 valence electrons. The normalized spacial score (nSPS) is 19.5. The summed E-state index contributed by atoms with van der Waals surface area (Å²) in [6, 6.07) is -1.78. The second kappa shape index (κ2) is 11.3. The van der Waals surface area contributed by atoms with Crippen LogP contribution < -0.4 is 10.6 Å². The van der Waals surface area contributed by atoms with Crippen molar-refractivity contribution < 1.29 is 50.0 Å². The lowest BCUT2D eigenvalue weighted by molar-refractivity contribution is -0.265. The number of hydrogen-bond donors (Lipinski definition) is 2. The molecule has 3 aromatic rings. The van der Waals surface area contributed by atoms with Gasteiger partial charge in [0.25, 0.3) is 5.91 Å². The Hall–Kier alpha value is -4.00. The monoisotopic (exact) mass is 622 g/mol. The van der Waals surface area contributed by atoms with Crippen molar-refractivity contribution in [2.75, 3.05) is 26.9 Å². The van der Waals surface area contributed by atoms with Crippen molar-refractivity contribution in [2.24, 2.45) is 0 Å². The third-order valence-electron chi connectivity index (χ3n) is 7.02. The maximum absolute atomic E-state index is 13.6. The van der Waals surface area contributed by atoms with Crippen LogP contribution >= 0.6 is 0 Å². The molecule has 1 saturated heterocycles. The van der Waals surface area contributed by atoms with E-state index in [9.17, 15) is 35.9 Å². The molecule has 0 unspecified atom stereocenters. The first kappa shape index (κ1) is 31.9. The van der Waals surface area contributed by atoms with E-state index in [2.05, 4.69) is 30.3 Å². The fourth-order valence-electron chi connectivity index (χ4n) is 4.19. The van der Waals surface area contributed by atoms with E-state index in [1.54, 1.807) is 0 Å². The molecule has 1 aliphatic rings. The summed E-state index contributed by atoms with van der Waals surface area (Å²) in [6.45, 7) is 2.39. The molecular weight excluding hydrogens is 594 g/mol. The number of aromatic nitrogens is 5. The zero-order valence-corrected chi connectivity index (χ0v) is 23.5. The number of nitrogens with one attached hydrogen (secondary N) is 2. The van der Waals surface area contributed by atoms with E-state index in [-0.39, 0.29) is 34.9 Å². The lowest BCUT2D eigenvalue weighted by Crippen LogP contribution is -2.53. The van der Waals surface area contributed by atoms with Gasteiger partial charge in [-0.3, -0.25) is 4.79 Å². The maximum Gasteiger partial charge on any atom is 0.416 e. The Morgan fingerprint density at radius 3 is 2.47 bits per heavy atom. The number of carbonyl (C=O) groups excluding carboxylic acids is 2. The summed E-state index contributed by atoms with van der Waals surface area (Å²) in [4.78, 5) is 30.8. The zero-order valence-electron chi connectivity index (χ0n) is 23.5. The van der Waals surface area contributed by atoms with Crippen molar-refractivity contribution in [1.82, 2.24) is 40.4 Å². The minimum Gasteiger partial charge on any atom is -0.382 e. The average Bonchev–Trinajstić information content (AvgIpc) is 3.60. The van der Waals surface area contributed by atoms with E-state index in [1.165, 1.54) is 37.0 Å². The molecule has 0 aliphatic carbocycles. The highest BCUT2D eigenvalue weighted by Gasteiger charge is 2.58. The predicted octanol–water partition coefficient (Wildman–Crippen LogP) is 3.28. The van der Waals surface area contributed by atoms with Crippen LogP contribution in [0, 0.1) is 6.92 Å². The Morgan fingerprint density at radius 2 is 1.91 bits per heavy atom. The fourth-order valence-corrected chi connectivity index (χ4v) is 4.19. The maximum atomic E-state index is 13.6. The van der Waals surface area contributed by atoms with Crippen LogP contribution in [0.3, 0.4) is 0 Å². The highest BCUT2D eigenvalue weighted by Crippen LogP contribution is 2.38. The molecule has 4 heterocycles. The highest BCUT2D eigenvalue weighted by molar-refractivity contribution is 5.93. The zero-order chi connectivity index (χ0) is 32.0. The first-order valence-corrected chi connectivity index (χ1v) is 12.7. The number of nitrogens with zero attached hydrogens (tertiary/aromatic N) is 6. The second-order valence-corrected chi connectivity index (χ2v) is 10.7.